The maximum absolute atomic E-state index is 11.6. The van der Waals surface area contributed by atoms with E-state index in [9.17, 15) is 9.59 Å². The highest BCUT2D eigenvalue weighted by atomic mass is 16.5. The first-order valence-corrected chi connectivity index (χ1v) is 6.62. The third-order valence-corrected chi connectivity index (χ3v) is 2.52. The lowest BCUT2D eigenvalue weighted by Crippen LogP contribution is -2.30. The van der Waals surface area contributed by atoms with Crippen LogP contribution in [-0.4, -0.2) is 45.2 Å². The number of anilines is 1. The quantitative estimate of drug-likeness (QED) is 0.532. The zero-order valence-corrected chi connectivity index (χ0v) is 12.1. The SMILES string of the molecule is COCCNCC(=O)Nc1ccc(OCCC(N)=O)cc1. The Morgan fingerprint density at radius 1 is 1.19 bits per heavy atom. The summed E-state index contributed by atoms with van der Waals surface area (Å²) >= 11 is 0. The Bertz CT molecular complexity index is 448. The molecule has 21 heavy (non-hydrogen) atoms. The van der Waals surface area contributed by atoms with E-state index in [1.807, 2.05) is 0 Å². The van der Waals surface area contributed by atoms with E-state index < -0.39 is 5.91 Å². The Morgan fingerprint density at radius 2 is 1.90 bits per heavy atom. The molecule has 7 heteroatoms. The summed E-state index contributed by atoms with van der Waals surface area (Å²) in [5.74, 6) is 0.0841. The minimum atomic E-state index is -0.403. The minimum Gasteiger partial charge on any atom is -0.493 e. The predicted octanol–water partition coefficient (Wildman–Crippen LogP) is 0.115. The van der Waals surface area contributed by atoms with Crippen molar-refractivity contribution in [3.63, 3.8) is 0 Å². The fraction of sp³-hybridized carbons (Fsp3) is 0.429. The molecular weight excluding hydrogens is 274 g/mol. The molecule has 1 aromatic rings. The molecule has 116 valence electrons. The van der Waals surface area contributed by atoms with E-state index >= 15 is 0 Å². The number of ether oxygens (including phenoxy) is 2. The smallest absolute Gasteiger partial charge is 0.238 e. The van der Waals surface area contributed by atoms with Gasteiger partial charge in [-0.2, -0.15) is 0 Å². The maximum atomic E-state index is 11.6. The number of primary amides is 1. The van der Waals surface area contributed by atoms with E-state index in [1.165, 1.54) is 0 Å². The van der Waals surface area contributed by atoms with Gasteiger partial charge in [0.1, 0.15) is 5.75 Å². The number of hydrogen-bond donors (Lipinski definition) is 3. The second-order valence-electron chi connectivity index (χ2n) is 4.31. The van der Waals surface area contributed by atoms with E-state index in [1.54, 1.807) is 31.4 Å². The number of carbonyl (C=O) groups excluding carboxylic acids is 2. The van der Waals surface area contributed by atoms with Crippen molar-refractivity contribution in [3.8, 4) is 5.75 Å². The van der Waals surface area contributed by atoms with Gasteiger partial charge < -0.3 is 25.8 Å². The molecule has 0 saturated heterocycles. The van der Waals surface area contributed by atoms with Crippen molar-refractivity contribution in [1.29, 1.82) is 0 Å². The normalized spacial score (nSPS) is 10.1. The van der Waals surface area contributed by atoms with Crippen LogP contribution in [0.15, 0.2) is 24.3 Å². The summed E-state index contributed by atoms with van der Waals surface area (Å²) in [6, 6.07) is 6.89. The van der Waals surface area contributed by atoms with Gasteiger partial charge in [-0.1, -0.05) is 0 Å². The number of rotatable bonds is 10. The fourth-order valence-electron chi connectivity index (χ4n) is 1.49. The van der Waals surface area contributed by atoms with Gasteiger partial charge in [-0.05, 0) is 24.3 Å². The largest absolute Gasteiger partial charge is 0.493 e. The number of nitrogens with two attached hydrogens (primary N) is 1. The van der Waals surface area contributed by atoms with Crippen molar-refractivity contribution in [2.45, 2.75) is 6.42 Å². The first-order valence-electron chi connectivity index (χ1n) is 6.62. The molecule has 0 atom stereocenters. The number of carbonyl (C=O) groups is 2. The summed E-state index contributed by atoms with van der Waals surface area (Å²) in [6.07, 6.45) is 0.172. The van der Waals surface area contributed by atoms with Crippen molar-refractivity contribution in [1.82, 2.24) is 5.32 Å². The Kier molecular flexibility index (Phi) is 7.85. The van der Waals surface area contributed by atoms with Crippen molar-refractivity contribution in [2.75, 3.05) is 38.7 Å². The minimum absolute atomic E-state index is 0.131. The first kappa shape index (κ1) is 16.9. The van der Waals surface area contributed by atoms with Crippen LogP contribution in [0.1, 0.15) is 6.42 Å². The van der Waals surface area contributed by atoms with Gasteiger partial charge in [0, 0.05) is 19.3 Å². The van der Waals surface area contributed by atoms with Crippen LogP contribution in [0.2, 0.25) is 0 Å². The molecule has 1 aromatic carbocycles. The molecule has 0 aliphatic carbocycles. The fourth-order valence-corrected chi connectivity index (χ4v) is 1.49. The summed E-state index contributed by atoms with van der Waals surface area (Å²) < 4.78 is 10.2. The maximum Gasteiger partial charge on any atom is 0.238 e. The molecule has 2 amide bonds. The monoisotopic (exact) mass is 295 g/mol. The van der Waals surface area contributed by atoms with Crippen LogP contribution in [0.4, 0.5) is 5.69 Å². The second-order valence-corrected chi connectivity index (χ2v) is 4.31. The van der Waals surface area contributed by atoms with Crippen LogP contribution in [0.5, 0.6) is 5.75 Å². The van der Waals surface area contributed by atoms with Crippen molar-refractivity contribution >= 4 is 17.5 Å². The van der Waals surface area contributed by atoms with Crippen molar-refractivity contribution < 1.29 is 19.1 Å². The standard InChI is InChI=1S/C14H21N3O4/c1-20-9-7-16-10-14(19)17-11-2-4-12(5-3-11)21-8-6-13(15)18/h2-5,16H,6-10H2,1H3,(H2,15,18)(H,17,19). The molecule has 0 aromatic heterocycles. The van der Waals surface area contributed by atoms with Crippen molar-refractivity contribution in [2.24, 2.45) is 5.73 Å². The molecular formula is C14H21N3O4. The first-order chi connectivity index (χ1) is 10.1. The van der Waals surface area contributed by atoms with E-state index in [-0.39, 0.29) is 25.5 Å². The third kappa shape index (κ3) is 7.91. The number of benzene rings is 1. The average Bonchev–Trinajstić information content (AvgIpc) is 2.45. The van der Waals surface area contributed by atoms with Gasteiger partial charge in [-0.25, -0.2) is 0 Å². The highest BCUT2D eigenvalue weighted by molar-refractivity contribution is 5.92. The molecule has 0 bridgehead atoms. The lowest BCUT2D eigenvalue weighted by Gasteiger charge is -2.08. The third-order valence-electron chi connectivity index (χ3n) is 2.52. The summed E-state index contributed by atoms with van der Waals surface area (Å²) in [5, 5.41) is 5.70. The Balaban J connectivity index is 2.29. The van der Waals surface area contributed by atoms with Gasteiger partial charge in [-0.15, -0.1) is 0 Å². The molecule has 0 saturated carbocycles. The molecule has 0 aliphatic rings. The summed E-state index contributed by atoms with van der Waals surface area (Å²) in [5.41, 5.74) is 5.69. The molecule has 7 nitrogen and oxygen atoms in total. The van der Waals surface area contributed by atoms with Crippen LogP contribution < -0.4 is 21.1 Å². The Morgan fingerprint density at radius 3 is 2.52 bits per heavy atom. The average molecular weight is 295 g/mol. The number of hydrogen-bond acceptors (Lipinski definition) is 5. The van der Waals surface area contributed by atoms with Gasteiger partial charge in [-0.3, -0.25) is 9.59 Å². The Hall–Kier alpha value is -2.12. The molecule has 0 aliphatic heterocycles. The molecule has 0 heterocycles. The zero-order valence-electron chi connectivity index (χ0n) is 12.1. The highest BCUT2D eigenvalue weighted by Crippen LogP contribution is 2.15. The van der Waals surface area contributed by atoms with Crippen molar-refractivity contribution in [3.05, 3.63) is 24.3 Å². The molecule has 4 N–H and O–H groups in total. The molecule has 1 rings (SSSR count). The van der Waals surface area contributed by atoms with E-state index in [0.29, 0.717) is 24.6 Å². The molecule has 0 unspecified atom stereocenters. The van der Waals surface area contributed by atoms with E-state index in [2.05, 4.69) is 10.6 Å². The van der Waals surface area contributed by atoms with Gasteiger partial charge in [0.25, 0.3) is 0 Å². The zero-order chi connectivity index (χ0) is 15.5. The van der Waals surface area contributed by atoms with Gasteiger partial charge in [0.15, 0.2) is 0 Å². The molecule has 0 fully saturated rings. The van der Waals surface area contributed by atoms with Gasteiger partial charge in [0.2, 0.25) is 11.8 Å². The lowest BCUT2D eigenvalue weighted by molar-refractivity contribution is -0.118. The number of amides is 2. The molecule has 0 spiro atoms. The lowest BCUT2D eigenvalue weighted by atomic mass is 10.3. The van der Waals surface area contributed by atoms with Crippen LogP contribution in [0.25, 0.3) is 0 Å². The van der Waals surface area contributed by atoms with Crippen LogP contribution >= 0.6 is 0 Å². The van der Waals surface area contributed by atoms with Crippen LogP contribution in [0, 0.1) is 0 Å². The van der Waals surface area contributed by atoms with Crippen LogP contribution in [-0.2, 0) is 14.3 Å². The summed E-state index contributed by atoms with van der Waals surface area (Å²) in [4.78, 5) is 22.2. The number of methoxy groups -OCH3 is 1. The van der Waals surface area contributed by atoms with E-state index in [4.69, 9.17) is 15.2 Å². The highest BCUT2D eigenvalue weighted by Gasteiger charge is 2.02. The molecule has 0 radical (unpaired) electrons. The topological polar surface area (TPSA) is 103 Å². The Labute approximate surface area is 123 Å². The van der Waals surface area contributed by atoms with Gasteiger partial charge in [0.05, 0.1) is 26.2 Å². The van der Waals surface area contributed by atoms with E-state index in [0.717, 1.165) is 0 Å². The predicted molar refractivity (Wildman–Crippen MR) is 79.1 cm³/mol. The summed E-state index contributed by atoms with van der Waals surface area (Å²) in [7, 11) is 1.61. The summed E-state index contributed by atoms with van der Waals surface area (Å²) in [6.45, 7) is 1.64. The number of nitrogens with one attached hydrogen (secondary N) is 2. The van der Waals surface area contributed by atoms with Crippen LogP contribution in [0.3, 0.4) is 0 Å². The second kappa shape index (κ2) is 9.73. The van der Waals surface area contributed by atoms with Gasteiger partial charge >= 0.3 is 0 Å².